The van der Waals surface area contributed by atoms with Crippen LogP contribution in [0.2, 0.25) is 0 Å². The van der Waals surface area contributed by atoms with Gasteiger partial charge >= 0.3 is 0 Å². The minimum absolute atomic E-state index is 0.0120. The van der Waals surface area contributed by atoms with E-state index in [4.69, 9.17) is 14.0 Å². The lowest BCUT2D eigenvalue weighted by atomic mass is 10.3. The normalized spacial score (nSPS) is 13.6. The van der Waals surface area contributed by atoms with Crippen molar-refractivity contribution in [1.29, 1.82) is 0 Å². The van der Waals surface area contributed by atoms with Gasteiger partial charge in [-0.05, 0) is 31.2 Å². The summed E-state index contributed by atoms with van der Waals surface area (Å²) in [7, 11) is 1.60. The number of aromatic nitrogens is 3. The van der Waals surface area contributed by atoms with Crippen molar-refractivity contribution < 1.29 is 23.6 Å². The number of amides is 2. The van der Waals surface area contributed by atoms with Crippen molar-refractivity contribution >= 4 is 45.9 Å². The largest absolute Gasteiger partial charge is 0.497 e. The van der Waals surface area contributed by atoms with Crippen LogP contribution in [0.15, 0.2) is 39.2 Å². The van der Waals surface area contributed by atoms with Gasteiger partial charge in [0.25, 0.3) is 5.91 Å². The zero-order valence-electron chi connectivity index (χ0n) is 18.7. The van der Waals surface area contributed by atoms with Gasteiger partial charge < -0.3 is 29.1 Å². The number of aryl methyl sites for hydroxylation is 1. The molecule has 1 aliphatic rings. The van der Waals surface area contributed by atoms with Crippen molar-refractivity contribution in [3.05, 3.63) is 36.1 Å². The van der Waals surface area contributed by atoms with Crippen LogP contribution >= 0.6 is 23.1 Å². The molecule has 2 amide bonds. The number of rotatable bonds is 9. The molecule has 3 heterocycles. The lowest BCUT2D eigenvalue weighted by Crippen LogP contribution is -2.50. The monoisotopic (exact) mass is 504 g/mol. The summed E-state index contributed by atoms with van der Waals surface area (Å²) in [5.74, 6) is 2.31. The molecule has 0 spiro atoms. The Bertz CT molecular complexity index is 1110. The van der Waals surface area contributed by atoms with Crippen LogP contribution in [0.25, 0.3) is 0 Å². The van der Waals surface area contributed by atoms with E-state index in [0.29, 0.717) is 47.8 Å². The number of thioether (sulfide) groups is 1. The molecule has 3 aromatic rings. The molecule has 1 fully saturated rings. The number of carbonyl (C=O) groups is 2. The number of nitrogens with one attached hydrogen (secondary N) is 1. The van der Waals surface area contributed by atoms with E-state index in [0.717, 1.165) is 10.9 Å². The van der Waals surface area contributed by atoms with Gasteiger partial charge in [0.15, 0.2) is 16.8 Å². The van der Waals surface area contributed by atoms with Gasteiger partial charge in [-0.1, -0.05) is 28.3 Å². The van der Waals surface area contributed by atoms with Gasteiger partial charge in [0.2, 0.25) is 11.0 Å². The molecular weight excluding hydrogens is 480 g/mol. The first-order valence-corrected chi connectivity index (χ1v) is 12.3. The van der Waals surface area contributed by atoms with Crippen LogP contribution in [-0.2, 0) is 9.59 Å². The molecule has 4 rings (SSSR count). The van der Waals surface area contributed by atoms with E-state index in [-0.39, 0.29) is 24.2 Å². The van der Waals surface area contributed by atoms with Crippen molar-refractivity contribution in [3.8, 4) is 11.5 Å². The number of hydrogen-bond donors (Lipinski definition) is 1. The van der Waals surface area contributed by atoms with Crippen molar-refractivity contribution in [2.24, 2.45) is 0 Å². The number of hydrogen-bond acceptors (Lipinski definition) is 11. The van der Waals surface area contributed by atoms with Gasteiger partial charge in [0, 0.05) is 32.2 Å². The van der Waals surface area contributed by atoms with Crippen LogP contribution in [0, 0.1) is 6.92 Å². The van der Waals surface area contributed by atoms with E-state index in [9.17, 15) is 9.59 Å². The lowest BCUT2D eigenvalue weighted by Gasteiger charge is -2.34. The topological polar surface area (TPSA) is 123 Å². The van der Waals surface area contributed by atoms with Crippen LogP contribution in [0.3, 0.4) is 0 Å². The summed E-state index contributed by atoms with van der Waals surface area (Å²) < 4.78 is 16.3. The average Bonchev–Trinajstić information content (AvgIpc) is 3.50. The van der Waals surface area contributed by atoms with Gasteiger partial charge in [-0.3, -0.25) is 9.59 Å². The Morgan fingerprint density at radius 1 is 1.15 bits per heavy atom. The first-order valence-electron chi connectivity index (χ1n) is 10.5. The minimum Gasteiger partial charge on any atom is -0.497 e. The molecule has 0 aliphatic carbocycles. The fraction of sp³-hybridized carbons (Fsp3) is 0.381. The number of anilines is 2. The SMILES string of the molecule is COc1ccc(OCC(=O)N2CCN(c3nnc(SCC(=O)Nc4cc(C)on4)s3)CC2)cc1. The molecule has 11 nitrogen and oxygen atoms in total. The van der Waals surface area contributed by atoms with Gasteiger partial charge in [-0.15, -0.1) is 10.2 Å². The second kappa shape index (κ2) is 11.2. The van der Waals surface area contributed by atoms with E-state index < -0.39 is 0 Å². The van der Waals surface area contributed by atoms with Crippen molar-refractivity contribution in [2.45, 2.75) is 11.3 Å². The lowest BCUT2D eigenvalue weighted by molar-refractivity contribution is -0.133. The fourth-order valence-corrected chi connectivity index (χ4v) is 4.87. The zero-order chi connectivity index (χ0) is 23.9. The van der Waals surface area contributed by atoms with Crippen molar-refractivity contribution in [3.63, 3.8) is 0 Å². The maximum atomic E-state index is 12.5. The Hall–Kier alpha value is -3.32. The summed E-state index contributed by atoms with van der Waals surface area (Å²) in [4.78, 5) is 28.4. The number of methoxy groups -OCH3 is 1. The Morgan fingerprint density at radius 2 is 1.88 bits per heavy atom. The van der Waals surface area contributed by atoms with Crippen LogP contribution in [-0.4, -0.2) is 77.7 Å². The molecule has 2 aromatic heterocycles. The molecule has 0 unspecified atom stereocenters. The van der Waals surface area contributed by atoms with Gasteiger partial charge in [0.05, 0.1) is 12.9 Å². The molecular formula is C21H24N6O5S2. The van der Waals surface area contributed by atoms with E-state index in [1.165, 1.54) is 23.1 Å². The molecule has 1 aromatic carbocycles. The van der Waals surface area contributed by atoms with E-state index in [2.05, 4.69) is 25.6 Å². The van der Waals surface area contributed by atoms with Gasteiger partial charge in [-0.25, -0.2) is 0 Å². The number of nitrogens with zero attached hydrogens (tertiary/aromatic N) is 5. The highest BCUT2D eigenvalue weighted by Gasteiger charge is 2.24. The predicted octanol–water partition coefficient (Wildman–Crippen LogP) is 2.30. The molecule has 0 atom stereocenters. The molecule has 34 heavy (non-hydrogen) atoms. The Labute approximate surface area is 204 Å². The minimum atomic E-state index is -0.195. The molecule has 13 heteroatoms. The molecule has 0 saturated carbocycles. The Kier molecular flexibility index (Phi) is 7.85. The summed E-state index contributed by atoms with van der Waals surface area (Å²) in [5, 5.41) is 15.6. The Morgan fingerprint density at radius 3 is 2.56 bits per heavy atom. The number of carbonyl (C=O) groups excluding carboxylic acids is 2. The smallest absolute Gasteiger partial charge is 0.260 e. The van der Waals surface area contributed by atoms with E-state index in [1.807, 2.05) is 0 Å². The van der Waals surface area contributed by atoms with Gasteiger partial charge in [-0.2, -0.15) is 0 Å². The number of benzene rings is 1. The van der Waals surface area contributed by atoms with E-state index in [1.54, 1.807) is 49.3 Å². The van der Waals surface area contributed by atoms with Crippen molar-refractivity contribution in [2.75, 3.05) is 55.9 Å². The molecule has 0 radical (unpaired) electrons. The van der Waals surface area contributed by atoms with Crippen molar-refractivity contribution in [1.82, 2.24) is 20.3 Å². The van der Waals surface area contributed by atoms with E-state index >= 15 is 0 Å². The third kappa shape index (κ3) is 6.38. The molecule has 0 bridgehead atoms. The summed E-state index contributed by atoms with van der Waals surface area (Å²) in [6.45, 7) is 4.20. The first-order chi connectivity index (χ1) is 16.5. The summed E-state index contributed by atoms with van der Waals surface area (Å²) in [6.07, 6.45) is 0. The summed E-state index contributed by atoms with van der Waals surface area (Å²) in [5.41, 5.74) is 0. The molecule has 1 N–H and O–H groups in total. The highest BCUT2D eigenvalue weighted by atomic mass is 32.2. The zero-order valence-corrected chi connectivity index (χ0v) is 20.4. The first kappa shape index (κ1) is 23.8. The molecule has 1 saturated heterocycles. The Balaban J connectivity index is 1.19. The maximum absolute atomic E-state index is 12.5. The summed E-state index contributed by atoms with van der Waals surface area (Å²) >= 11 is 2.74. The second-order valence-electron chi connectivity index (χ2n) is 7.34. The highest BCUT2D eigenvalue weighted by molar-refractivity contribution is 8.01. The predicted molar refractivity (Wildman–Crippen MR) is 128 cm³/mol. The number of piperazine rings is 1. The third-order valence-electron chi connectivity index (χ3n) is 4.94. The van der Waals surface area contributed by atoms with Crippen LogP contribution in [0.1, 0.15) is 5.76 Å². The van der Waals surface area contributed by atoms with Gasteiger partial charge in [0.1, 0.15) is 17.3 Å². The van der Waals surface area contributed by atoms with Crippen LogP contribution in [0.4, 0.5) is 10.9 Å². The van der Waals surface area contributed by atoms with Crippen LogP contribution < -0.4 is 19.7 Å². The maximum Gasteiger partial charge on any atom is 0.260 e. The van der Waals surface area contributed by atoms with Crippen LogP contribution in [0.5, 0.6) is 11.5 Å². The average molecular weight is 505 g/mol. The number of ether oxygens (including phenoxy) is 2. The quantitative estimate of drug-likeness (QED) is 0.434. The second-order valence-corrected chi connectivity index (χ2v) is 9.52. The fourth-order valence-electron chi connectivity index (χ4n) is 3.18. The standard InChI is InChI=1S/C21H24N6O5S2/c1-14-11-17(25-32-14)22-18(28)13-33-21-24-23-20(34-21)27-9-7-26(8-10-27)19(29)12-31-16-5-3-15(30-2)4-6-16/h3-6,11H,7-10,12-13H2,1-2H3,(H,22,25,28). The molecule has 1 aliphatic heterocycles. The summed E-state index contributed by atoms with van der Waals surface area (Å²) in [6, 6.07) is 8.78. The molecule has 180 valence electrons. The highest BCUT2D eigenvalue weighted by Crippen LogP contribution is 2.28. The third-order valence-corrected chi connectivity index (χ3v) is 7.06.